The van der Waals surface area contributed by atoms with Crippen molar-refractivity contribution >= 4 is 16.7 Å². The van der Waals surface area contributed by atoms with Crippen LogP contribution in [0.1, 0.15) is 29.8 Å². The summed E-state index contributed by atoms with van der Waals surface area (Å²) in [5, 5.41) is 7.16. The maximum absolute atomic E-state index is 12.5. The van der Waals surface area contributed by atoms with E-state index in [2.05, 4.69) is 10.5 Å². The third-order valence-corrected chi connectivity index (χ3v) is 3.79. The number of hydrogen-bond donors (Lipinski definition) is 1. The molecule has 0 saturated carbocycles. The van der Waals surface area contributed by atoms with E-state index in [0.29, 0.717) is 16.5 Å². The number of aromatic nitrogens is 2. The highest BCUT2D eigenvalue weighted by atomic mass is 16.2. The highest BCUT2D eigenvalue weighted by molar-refractivity contribution is 6.04. The fourth-order valence-corrected chi connectivity index (χ4v) is 2.67. The number of nitrogens with zero attached hydrogens (tertiary/aromatic N) is 3. The van der Waals surface area contributed by atoms with Gasteiger partial charge in [-0.05, 0) is 18.9 Å². The lowest BCUT2D eigenvalue weighted by molar-refractivity contribution is 0.0744. The third kappa shape index (κ3) is 2.67. The number of amides is 1. The number of piperidine rings is 1. The van der Waals surface area contributed by atoms with Gasteiger partial charge in [-0.1, -0.05) is 24.6 Å². The maximum Gasteiger partial charge on any atom is 0.286 e. The molecule has 1 aliphatic rings. The molecular formula is C15H18N4O2. The van der Waals surface area contributed by atoms with Gasteiger partial charge in [-0.2, -0.15) is 5.10 Å². The van der Waals surface area contributed by atoms with Gasteiger partial charge in [0, 0.05) is 25.5 Å². The van der Waals surface area contributed by atoms with Gasteiger partial charge in [0.15, 0.2) is 5.69 Å². The summed E-state index contributed by atoms with van der Waals surface area (Å²) in [6, 6.07) is 7.07. The maximum atomic E-state index is 12.5. The van der Waals surface area contributed by atoms with Gasteiger partial charge in [0.25, 0.3) is 11.5 Å². The molecule has 1 saturated heterocycles. The molecule has 1 fully saturated rings. The second-order valence-electron chi connectivity index (χ2n) is 5.31. The van der Waals surface area contributed by atoms with Crippen LogP contribution in [0.25, 0.3) is 10.8 Å². The second kappa shape index (κ2) is 5.65. The topological polar surface area (TPSA) is 67.2 Å². The predicted octanol–water partition coefficient (Wildman–Crippen LogP) is 1.06. The van der Waals surface area contributed by atoms with E-state index in [0.717, 1.165) is 25.9 Å². The molecule has 1 amide bonds. The van der Waals surface area contributed by atoms with Crippen molar-refractivity contribution < 1.29 is 4.79 Å². The Morgan fingerprint density at radius 1 is 1.14 bits per heavy atom. The number of carbonyl (C=O) groups is 1. The van der Waals surface area contributed by atoms with Crippen LogP contribution in [0.2, 0.25) is 0 Å². The van der Waals surface area contributed by atoms with E-state index in [1.807, 2.05) is 5.01 Å². The molecule has 1 aliphatic heterocycles. The van der Waals surface area contributed by atoms with Crippen LogP contribution in [0.4, 0.5) is 0 Å². The molecule has 6 heteroatoms. The lowest BCUT2D eigenvalue weighted by atomic mass is 10.1. The molecule has 21 heavy (non-hydrogen) atoms. The summed E-state index contributed by atoms with van der Waals surface area (Å²) in [7, 11) is 1.56. The van der Waals surface area contributed by atoms with Crippen molar-refractivity contribution in [2.45, 2.75) is 19.3 Å². The van der Waals surface area contributed by atoms with Crippen molar-refractivity contribution in [1.82, 2.24) is 20.2 Å². The van der Waals surface area contributed by atoms with Gasteiger partial charge in [-0.25, -0.2) is 9.69 Å². The zero-order valence-electron chi connectivity index (χ0n) is 12.0. The zero-order valence-corrected chi connectivity index (χ0v) is 12.0. The molecule has 3 rings (SSSR count). The molecule has 6 nitrogen and oxygen atoms in total. The van der Waals surface area contributed by atoms with Gasteiger partial charge < -0.3 is 0 Å². The molecule has 1 aromatic heterocycles. The first kappa shape index (κ1) is 13.8. The van der Waals surface area contributed by atoms with Crippen molar-refractivity contribution in [3.63, 3.8) is 0 Å². The lowest BCUT2D eigenvalue weighted by Gasteiger charge is -2.26. The van der Waals surface area contributed by atoms with E-state index in [-0.39, 0.29) is 11.5 Å². The number of fused-ring (bicyclic) bond motifs is 1. The second-order valence-corrected chi connectivity index (χ2v) is 5.31. The first-order chi connectivity index (χ1) is 10.2. The Balaban J connectivity index is 1.97. The predicted molar refractivity (Wildman–Crippen MR) is 79.9 cm³/mol. The van der Waals surface area contributed by atoms with Crippen LogP contribution < -0.4 is 11.0 Å². The normalized spacial score (nSPS) is 16.0. The highest BCUT2D eigenvalue weighted by Crippen LogP contribution is 2.13. The van der Waals surface area contributed by atoms with E-state index in [4.69, 9.17) is 0 Å². The molecule has 2 heterocycles. The largest absolute Gasteiger partial charge is 0.286 e. The zero-order chi connectivity index (χ0) is 14.8. The van der Waals surface area contributed by atoms with E-state index < -0.39 is 0 Å². The summed E-state index contributed by atoms with van der Waals surface area (Å²) in [6.45, 7) is 1.71. The van der Waals surface area contributed by atoms with Crippen LogP contribution in [0.15, 0.2) is 29.1 Å². The van der Waals surface area contributed by atoms with Gasteiger partial charge in [-0.3, -0.25) is 15.0 Å². The first-order valence-electron chi connectivity index (χ1n) is 7.19. The van der Waals surface area contributed by atoms with E-state index in [1.165, 1.54) is 11.1 Å². The molecule has 0 unspecified atom stereocenters. The van der Waals surface area contributed by atoms with Gasteiger partial charge in [0.2, 0.25) is 0 Å². The van der Waals surface area contributed by atoms with Crippen molar-refractivity contribution in [3.8, 4) is 0 Å². The summed E-state index contributed by atoms with van der Waals surface area (Å²) in [5.41, 5.74) is 2.99. The molecule has 0 radical (unpaired) electrons. The van der Waals surface area contributed by atoms with Crippen molar-refractivity contribution in [1.29, 1.82) is 0 Å². The number of carbonyl (C=O) groups excluding carboxylic acids is 1. The Morgan fingerprint density at radius 3 is 2.52 bits per heavy atom. The third-order valence-electron chi connectivity index (χ3n) is 3.79. The number of hydrazine groups is 1. The minimum atomic E-state index is -0.260. The average Bonchev–Trinajstić information content (AvgIpc) is 2.52. The number of rotatable bonds is 2. The van der Waals surface area contributed by atoms with Gasteiger partial charge in [0.05, 0.1) is 5.39 Å². The molecule has 1 N–H and O–H groups in total. The monoisotopic (exact) mass is 286 g/mol. The SMILES string of the molecule is Cn1nc(C(=O)NN2CCCCC2)c2ccccc2c1=O. The molecule has 2 aromatic rings. The molecule has 1 aromatic carbocycles. The Hall–Kier alpha value is -2.21. The lowest BCUT2D eigenvalue weighted by Crippen LogP contribution is -2.45. The smallest absolute Gasteiger partial charge is 0.283 e. The van der Waals surface area contributed by atoms with Crippen LogP contribution in [-0.2, 0) is 7.05 Å². The molecule has 110 valence electrons. The van der Waals surface area contributed by atoms with Crippen molar-refractivity contribution in [2.24, 2.45) is 7.05 Å². The molecule has 0 spiro atoms. The van der Waals surface area contributed by atoms with Crippen LogP contribution in [0.5, 0.6) is 0 Å². The standard InChI is InChI=1S/C15H18N4O2/c1-18-15(21)12-8-4-3-7-11(12)13(16-18)14(20)17-19-9-5-2-6-10-19/h3-4,7-8H,2,5-6,9-10H2,1H3,(H,17,20). The van der Waals surface area contributed by atoms with E-state index >= 15 is 0 Å². The minimum Gasteiger partial charge on any atom is -0.283 e. The fourth-order valence-electron chi connectivity index (χ4n) is 2.67. The number of nitrogens with one attached hydrogen (secondary N) is 1. The minimum absolute atomic E-state index is 0.194. The van der Waals surface area contributed by atoms with E-state index in [9.17, 15) is 9.59 Å². The Morgan fingerprint density at radius 2 is 1.81 bits per heavy atom. The number of benzene rings is 1. The van der Waals surface area contributed by atoms with Crippen molar-refractivity contribution in [3.05, 3.63) is 40.3 Å². The van der Waals surface area contributed by atoms with Gasteiger partial charge in [0.1, 0.15) is 0 Å². The van der Waals surface area contributed by atoms with Crippen LogP contribution in [0, 0.1) is 0 Å². The Bertz CT molecular complexity index is 732. The first-order valence-corrected chi connectivity index (χ1v) is 7.19. The van der Waals surface area contributed by atoms with Crippen LogP contribution >= 0.6 is 0 Å². The van der Waals surface area contributed by atoms with Gasteiger partial charge >= 0.3 is 0 Å². The number of aryl methyl sites for hydroxylation is 1. The number of hydrogen-bond acceptors (Lipinski definition) is 4. The van der Waals surface area contributed by atoms with Gasteiger partial charge in [-0.15, -0.1) is 0 Å². The summed E-state index contributed by atoms with van der Waals surface area (Å²) in [4.78, 5) is 24.5. The molecule has 0 aliphatic carbocycles. The highest BCUT2D eigenvalue weighted by Gasteiger charge is 2.18. The summed E-state index contributed by atoms with van der Waals surface area (Å²) >= 11 is 0. The van der Waals surface area contributed by atoms with Crippen LogP contribution in [-0.4, -0.2) is 33.8 Å². The fraction of sp³-hybridized carbons (Fsp3) is 0.400. The summed E-state index contributed by atoms with van der Waals surface area (Å²) in [5.74, 6) is -0.260. The molecule has 0 atom stereocenters. The quantitative estimate of drug-likeness (QED) is 0.896. The van der Waals surface area contributed by atoms with Crippen LogP contribution in [0.3, 0.4) is 0 Å². The molecule has 0 bridgehead atoms. The Labute approximate surface area is 122 Å². The molecular weight excluding hydrogens is 268 g/mol. The average molecular weight is 286 g/mol. The summed E-state index contributed by atoms with van der Waals surface area (Å²) < 4.78 is 1.22. The Kier molecular flexibility index (Phi) is 3.70. The van der Waals surface area contributed by atoms with E-state index in [1.54, 1.807) is 31.3 Å². The summed E-state index contributed by atoms with van der Waals surface area (Å²) in [6.07, 6.45) is 3.37. The van der Waals surface area contributed by atoms with Crippen molar-refractivity contribution in [2.75, 3.05) is 13.1 Å².